The third-order valence-corrected chi connectivity index (χ3v) is 1.18. The molecule has 0 bridgehead atoms. The summed E-state index contributed by atoms with van der Waals surface area (Å²) in [6.45, 7) is 1.52. The first-order valence-corrected chi connectivity index (χ1v) is 3.35. The zero-order valence-electron chi connectivity index (χ0n) is 6.19. The fraction of sp³-hybridized carbons (Fsp3) is 0.667. The molecule has 1 aromatic heterocycles. The van der Waals surface area contributed by atoms with Crippen LogP contribution in [0.3, 0.4) is 0 Å². The Hall–Kier alpha value is -0.940. The molecule has 0 saturated heterocycles. The van der Waals surface area contributed by atoms with Crippen molar-refractivity contribution in [3.8, 4) is 0 Å². The smallest absolute Gasteiger partial charge is 0.255 e. The maximum atomic E-state index is 8.95. The molecule has 1 aromatic rings. The molecule has 0 saturated carbocycles. The van der Waals surface area contributed by atoms with Gasteiger partial charge >= 0.3 is 0 Å². The molecule has 0 aromatic carbocycles. The van der Waals surface area contributed by atoms with Gasteiger partial charge in [0, 0.05) is 6.42 Å². The third-order valence-electron chi connectivity index (χ3n) is 1.18. The number of hydrogen-bond donors (Lipinski definition) is 2. The molecule has 1 heterocycles. The van der Waals surface area contributed by atoms with Crippen LogP contribution < -0.4 is 0 Å². The van der Waals surface area contributed by atoms with Gasteiger partial charge in [0.15, 0.2) is 5.82 Å². The normalized spacial score (nSPS) is 13.4. The van der Waals surface area contributed by atoms with Crippen molar-refractivity contribution in [3.63, 3.8) is 0 Å². The van der Waals surface area contributed by atoms with Crippen LogP contribution in [0.1, 0.15) is 24.7 Å². The fourth-order valence-electron chi connectivity index (χ4n) is 0.639. The minimum atomic E-state index is -0.741. The summed E-state index contributed by atoms with van der Waals surface area (Å²) in [5.41, 5.74) is 0. The molecule has 5 nitrogen and oxygen atoms in total. The van der Waals surface area contributed by atoms with E-state index in [1.165, 1.54) is 6.92 Å². The van der Waals surface area contributed by atoms with Gasteiger partial charge in [-0.05, 0) is 6.92 Å². The summed E-state index contributed by atoms with van der Waals surface area (Å²) in [7, 11) is 0. The molecular weight excluding hydrogens is 148 g/mol. The van der Waals surface area contributed by atoms with E-state index < -0.39 is 6.10 Å². The Bertz CT molecular complexity index is 221. The predicted molar refractivity (Wildman–Crippen MR) is 35.7 cm³/mol. The lowest BCUT2D eigenvalue weighted by Crippen LogP contribution is -1.94. The Morgan fingerprint density at radius 1 is 1.64 bits per heavy atom. The van der Waals surface area contributed by atoms with Crippen LogP contribution in [0.25, 0.3) is 0 Å². The van der Waals surface area contributed by atoms with Crippen LogP contribution in [0.2, 0.25) is 0 Å². The van der Waals surface area contributed by atoms with Gasteiger partial charge < -0.3 is 14.7 Å². The van der Waals surface area contributed by atoms with E-state index in [2.05, 4.69) is 14.7 Å². The van der Waals surface area contributed by atoms with E-state index >= 15 is 0 Å². The maximum Gasteiger partial charge on any atom is 0.255 e. The van der Waals surface area contributed by atoms with Crippen LogP contribution in [0.4, 0.5) is 0 Å². The second kappa shape index (κ2) is 3.45. The van der Waals surface area contributed by atoms with Gasteiger partial charge in [0.05, 0.1) is 6.61 Å². The van der Waals surface area contributed by atoms with Crippen LogP contribution in [-0.2, 0) is 6.42 Å². The minimum Gasteiger partial charge on any atom is -0.396 e. The summed E-state index contributed by atoms with van der Waals surface area (Å²) in [5.74, 6) is 0.608. The van der Waals surface area contributed by atoms with Gasteiger partial charge in [-0.3, -0.25) is 0 Å². The van der Waals surface area contributed by atoms with Gasteiger partial charge in [-0.15, -0.1) is 0 Å². The Labute approximate surface area is 63.7 Å². The largest absolute Gasteiger partial charge is 0.396 e. The van der Waals surface area contributed by atoms with Crippen molar-refractivity contribution in [2.75, 3.05) is 6.61 Å². The number of hydrogen-bond acceptors (Lipinski definition) is 5. The quantitative estimate of drug-likeness (QED) is 0.629. The summed E-state index contributed by atoms with van der Waals surface area (Å²) < 4.78 is 4.66. The van der Waals surface area contributed by atoms with Crippen molar-refractivity contribution in [2.45, 2.75) is 19.4 Å². The summed E-state index contributed by atoms with van der Waals surface area (Å²) in [5, 5.41) is 21.0. The fourth-order valence-corrected chi connectivity index (χ4v) is 0.639. The Balaban J connectivity index is 2.66. The lowest BCUT2D eigenvalue weighted by Gasteiger charge is -1.91. The van der Waals surface area contributed by atoms with E-state index in [4.69, 9.17) is 10.2 Å². The van der Waals surface area contributed by atoms with Gasteiger partial charge in [0.1, 0.15) is 6.10 Å². The van der Waals surface area contributed by atoms with Crippen molar-refractivity contribution in [3.05, 3.63) is 11.7 Å². The van der Waals surface area contributed by atoms with Crippen molar-refractivity contribution >= 4 is 0 Å². The summed E-state index contributed by atoms with van der Waals surface area (Å²) in [6.07, 6.45) is -0.383. The molecule has 0 radical (unpaired) electrons. The Kier molecular flexibility index (Phi) is 2.56. The second-order valence-corrected chi connectivity index (χ2v) is 2.20. The van der Waals surface area contributed by atoms with E-state index in [0.29, 0.717) is 12.2 Å². The number of nitrogens with zero attached hydrogens (tertiary/aromatic N) is 2. The molecule has 1 atom stereocenters. The monoisotopic (exact) mass is 158 g/mol. The first kappa shape index (κ1) is 8.16. The van der Waals surface area contributed by atoms with E-state index in [0.717, 1.165) is 0 Å². The van der Waals surface area contributed by atoms with Gasteiger partial charge in [0.2, 0.25) is 0 Å². The topological polar surface area (TPSA) is 79.4 Å². The van der Waals surface area contributed by atoms with Crippen molar-refractivity contribution in [1.82, 2.24) is 10.1 Å². The number of aliphatic hydroxyl groups is 2. The summed E-state index contributed by atoms with van der Waals surface area (Å²) in [6, 6.07) is 0. The number of aromatic nitrogens is 2. The van der Waals surface area contributed by atoms with Crippen molar-refractivity contribution in [1.29, 1.82) is 0 Å². The van der Waals surface area contributed by atoms with Crippen LogP contribution >= 0.6 is 0 Å². The SMILES string of the molecule is CC(O)c1nc(CCO)no1. The molecule has 1 unspecified atom stereocenters. The second-order valence-electron chi connectivity index (χ2n) is 2.20. The van der Waals surface area contributed by atoms with Gasteiger partial charge in [-0.25, -0.2) is 0 Å². The zero-order chi connectivity index (χ0) is 8.27. The van der Waals surface area contributed by atoms with Gasteiger partial charge in [-0.2, -0.15) is 4.98 Å². The highest BCUT2D eigenvalue weighted by Crippen LogP contribution is 2.07. The molecule has 11 heavy (non-hydrogen) atoms. The lowest BCUT2D eigenvalue weighted by molar-refractivity contribution is 0.151. The van der Waals surface area contributed by atoms with Crippen LogP contribution in [0.5, 0.6) is 0 Å². The lowest BCUT2D eigenvalue weighted by atomic mass is 10.4. The minimum absolute atomic E-state index is 0.0151. The maximum absolute atomic E-state index is 8.95. The highest BCUT2D eigenvalue weighted by Gasteiger charge is 2.09. The van der Waals surface area contributed by atoms with E-state index in [9.17, 15) is 0 Å². The molecule has 0 aliphatic heterocycles. The molecule has 0 fully saturated rings. The first-order chi connectivity index (χ1) is 5.24. The number of rotatable bonds is 3. The first-order valence-electron chi connectivity index (χ1n) is 3.35. The van der Waals surface area contributed by atoms with Gasteiger partial charge in [-0.1, -0.05) is 5.16 Å². The molecule has 0 aliphatic carbocycles. The average Bonchev–Trinajstić information content (AvgIpc) is 2.37. The van der Waals surface area contributed by atoms with Crippen molar-refractivity contribution in [2.24, 2.45) is 0 Å². The number of aliphatic hydroxyl groups excluding tert-OH is 2. The van der Waals surface area contributed by atoms with Gasteiger partial charge in [0.25, 0.3) is 5.89 Å². The van der Waals surface area contributed by atoms with Crippen molar-refractivity contribution < 1.29 is 14.7 Å². The molecule has 0 amide bonds. The Morgan fingerprint density at radius 3 is 2.82 bits per heavy atom. The summed E-state index contributed by atoms with van der Waals surface area (Å²) in [4.78, 5) is 3.81. The average molecular weight is 158 g/mol. The molecule has 1 rings (SSSR count). The third kappa shape index (κ3) is 1.99. The Morgan fingerprint density at radius 2 is 2.36 bits per heavy atom. The van der Waals surface area contributed by atoms with Crippen LogP contribution in [0.15, 0.2) is 4.52 Å². The molecule has 2 N–H and O–H groups in total. The molecular formula is C6H10N2O3. The van der Waals surface area contributed by atoms with Crippen LogP contribution in [0, 0.1) is 0 Å². The molecule has 0 aliphatic rings. The molecule has 5 heteroatoms. The predicted octanol–water partition coefficient (Wildman–Crippen LogP) is -0.342. The molecule has 0 spiro atoms. The highest BCUT2D eigenvalue weighted by atomic mass is 16.5. The summed E-state index contributed by atoms with van der Waals surface area (Å²) >= 11 is 0. The van der Waals surface area contributed by atoms with E-state index in [1.54, 1.807) is 0 Å². The molecule has 62 valence electrons. The van der Waals surface area contributed by atoms with Crippen LogP contribution in [-0.4, -0.2) is 27.0 Å². The van der Waals surface area contributed by atoms with E-state index in [1.807, 2.05) is 0 Å². The zero-order valence-corrected chi connectivity index (χ0v) is 6.19. The van der Waals surface area contributed by atoms with E-state index in [-0.39, 0.29) is 12.5 Å². The standard InChI is InChI=1S/C6H10N2O3/c1-4(10)6-7-5(2-3-9)8-11-6/h4,9-10H,2-3H2,1H3. The highest BCUT2D eigenvalue weighted by molar-refractivity contribution is 4.88.